The molecule has 0 aromatic carbocycles. The number of thiophene rings is 1. The van der Waals surface area contributed by atoms with Crippen LogP contribution in [0.4, 0.5) is 0 Å². The van der Waals surface area contributed by atoms with Gasteiger partial charge in [-0.1, -0.05) is 0 Å². The van der Waals surface area contributed by atoms with E-state index in [-0.39, 0.29) is 11.5 Å². The van der Waals surface area contributed by atoms with Crippen LogP contribution in [0.3, 0.4) is 0 Å². The lowest BCUT2D eigenvalue weighted by Gasteiger charge is -2.09. The molecule has 7 heteroatoms. The van der Waals surface area contributed by atoms with Crippen molar-refractivity contribution in [3.8, 4) is 0 Å². The number of carbonyl (C=O) groups excluding carboxylic acids is 1. The van der Waals surface area contributed by atoms with Crippen LogP contribution in [0, 0.1) is 0 Å². The number of fused-ring (bicyclic) bond motifs is 3. The van der Waals surface area contributed by atoms with Gasteiger partial charge in [0.25, 0.3) is 5.56 Å². The van der Waals surface area contributed by atoms with Crippen molar-refractivity contribution in [1.29, 1.82) is 0 Å². The van der Waals surface area contributed by atoms with E-state index in [0.717, 1.165) is 42.3 Å². The van der Waals surface area contributed by atoms with Crippen molar-refractivity contribution in [2.24, 2.45) is 0 Å². The van der Waals surface area contributed by atoms with Gasteiger partial charge in [0, 0.05) is 10.9 Å². The maximum atomic E-state index is 12.4. The number of nitrogens with one attached hydrogen (secondary N) is 2. The molecule has 0 radical (unpaired) electrons. The number of carbonyl (C=O) groups is 1. The highest BCUT2D eigenvalue weighted by atomic mass is 32.2. The van der Waals surface area contributed by atoms with Crippen LogP contribution in [0.25, 0.3) is 10.2 Å². The van der Waals surface area contributed by atoms with Crippen LogP contribution in [-0.2, 0) is 23.4 Å². The van der Waals surface area contributed by atoms with Gasteiger partial charge < -0.3 is 10.3 Å². The summed E-state index contributed by atoms with van der Waals surface area (Å²) in [5, 5.41) is 3.76. The summed E-state index contributed by atoms with van der Waals surface area (Å²) >= 11 is 3.16. The van der Waals surface area contributed by atoms with E-state index < -0.39 is 0 Å². The fourth-order valence-electron chi connectivity index (χ4n) is 3.01. The summed E-state index contributed by atoms with van der Waals surface area (Å²) in [5.74, 6) is 1.73. The summed E-state index contributed by atoms with van der Waals surface area (Å²) in [5.41, 5.74) is 1.19. The van der Waals surface area contributed by atoms with Gasteiger partial charge in [-0.25, -0.2) is 4.98 Å². The lowest BCUT2D eigenvalue weighted by Crippen LogP contribution is -2.27. The van der Waals surface area contributed by atoms with Crippen LogP contribution in [0.2, 0.25) is 0 Å². The molecule has 1 saturated carbocycles. The first-order valence-electron chi connectivity index (χ1n) is 8.11. The number of H-pyrrole nitrogens is 1. The molecule has 1 fully saturated rings. The highest BCUT2D eigenvalue weighted by molar-refractivity contribution is 7.99. The Morgan fingerprint density at radius 1 is 1.35 bits per heavy atom. The minimum Gasteiger partial charge on any atom is -0.353 e. The van der Waals surface area contributed by atoms with Gasteiger partial charge in [0.1, 0.15) is 10.7 Å². The van der Waals surface area contributed by atoms with E-state index >= 15 is 0 Å². The average molecular weight is 349 g/mol. The number of nitrogens with zero attached hydrogens (tertiary/aromatic N) is 1. The molecule has 0 atom stereocenters. The van der Waals surface area contributed by atoms with Crippen LogP contribution in [-0.4, -0.2) is 27.7 Å². The van der Waals surface area contributed by atoms with Crippen LogP contribution in [0.5, 0.6) is 0 Å². The Labute approximate surface area is 142 Å². The van der Waals surface area contributed by atoms with Gasteiger partial charge in [-0.3, -0.25) is 9.59 Å². The Kier molecular flexibility index (Phi) is 4.15. The van der Waals surface area contributed by atoms with Gasteiger partial charge in [0.2, 0.25) is 5.91 Å². The molecule has 0 bridgehead atoms. The molecule has 2 aromatic rings. The van der Waals surface area contributed by atoms with Crippen LogP contribution in [0.15, 0.2) is 4.79 Å². The van der Waals surface area contributed by atoms with Crippen molar-refractivity contribution in [2.45, 2.75) is 50.3 Å². The van der Waals surface area contributed by atoms with E-state index in [9.17, 15) is 9.59 Å². The molecule has 2 aliphatic rings. The Morgan fingerprint density at radius 2 is 2.17 bits per heavy atom. The molecule has 2 N–H and O–H groups in total. The minimum atomic E-state index is -0.0209. The number of aromatic amines is 1. The minimum absolute atomic E-state index is 0.0209. The third-order valence-corrected chi connectivity index (χ3v) is 6.42. The maximum absolute atomic E-state index is 12.4. The predicted octanol–water partition coefficient (Wildman–Crippen LogP) is 2.38. The second-order valence-corrected chi connectivity index (χ2v) is 8.31. The Balaban J connectivity index is 1.47. The van der Waals surface area contributed by atoms with Crippen molar-refractivity contribution >= 4 is 39.2 Å². The Bertz CT molecular complexity index is 807. The molecular formula is C16H19N3O2S2. The highest BCUT2D eigenvalue weighted by Gasteiger charge is 2.23. The normalized spacial score (nSPS) is 17.2. The molecule has 122 valence electrons. The summed E-state index contributed by atoms with van der Waals surface area (Å²) in [4.78, 5) is 33.8. The molecule has 2 aromatic heterocycles. The quantitative estimate of drug-likeness (QED) is 0.869. The Morgan fingerprint density at radius 3 is 3.00 bits per heavy atom. The zero-order chi connectivity index (χ0) is 15.8. The zero-order valence-electron chi connectivity index (χ0n) is 12.8. The van der Waals surface area contributed by atoms with Crippen molar-refractivity contribution < 1.29 is 4.79 Å². The summed E-state index contributed by atoms with van der Waals surface area (Å²) in [6.07, 6.45) is 6.63. The zero-order valence-corrected chi connectivity index (χ0v) is 14.4. The van der Waals surface area contributed by atoms with Gasteiger partial charge in [-0.05, 0) is 44.1 Å². The largest absolute Gasteiger partial charge is 0.353 e. The maximum Gasteiger partial charge on any atom is 0.259 e. The summed E-state index contributed by atoms with van der Waals surface area (Å²) in [6, 6.07) is 0.398. The number of amides is 1. The van der Waals surface area contributed by atoms with Crippen molar-refractivity contribution in [3.05, 3.63) is 26.6 Å². The summed E-state index contributed by atoms with van der Waals surface area (Å²) in [7, 11) is 0. The first-order valence-corrected chi connectivity index (χ1v) is 10.1. The molecule has 1 amide bonds. The second-order valence-electron chi connectivity index (χ2n) is 6.24. The number of aryl methyl sites for hydroxylation is 2. The topological polar surface area (TPSA) is 74.8 Å². The fourth-order valence-corrected chi connectivity index (χ4v) is 5.00. The molecule has 0 spiro atoms. The smallest absolute Gasteiger partial charge is 0.259 e. The molecule has 0 unspecified atom stereocenters. The molecule has 2 heterocycles. The molecule has 5 nitrogen and oxygen atoms in total. The first-order chi connectivity index (χ1) is 11.2. The third kappa shape index (κ3) is 3.30. The third-order valence-electron chi connectivity index (χ3n) is 4.29. The molecule has 2 aliphatic carbocycles. The van der Waals surface area contributed by atoms with Gasteiger partial charge in [0.05, 0.1) is 16.9 Å². The standard InChI is InChI=1S/C16H19N3O2S2/c20-13(17-9-5-6-9)8-22-7-12-18-15(21)14-10-3-1-2-4-11(10)23-16(14)19-12/h9H,1-8H2,(H,17,20)(H,18,19,21). The molecular weight excluding hydrogens is 330 g/mol. The molecule has 4 rings (SSSR count). The van der Waals surface area contributed by atoms with Gasteiger partial charge in [0.15, 0.2) is 0 Å². The van der Waals surface area contributed by atoms with Crippen LogP contribution < -0.4 is 10.9 Å². The first kappa shape index (κ1) is 15.2. The van der Waals surface area contributed by atoms with E-state index in [4.69, 9.17) is 0 Å². The monoisotopic (exact) mass is 349 g/mol. The Hall–Kier alpha value is -1.34. The highest BCUT2D eigenvalue weighted by Crippen LogP contribution is 2.33. The van der Waals surface area contributed by atoms with Crippen molar-refractivity contribution in [2.75, 3.05) is 5.75 Å². The van der Waals surface area contributed by atoms with Crippen molar-refractivity contribution in [1.82, 2.24) is 15.3 Å². The van der Waals surface area contributed by atoms with Crippen LogP contribution >= 0.6 is 23.1 Å². The lowest BCUT2D eigenvalue weighted by atomic mass is 9.97. The van der Waals surface area contributed by atoms with Gasteiger partial charge in [-0.15, -0.1) is 23.1 Å². The summed E-state index contributed by atoms with van der Waals surface area (Å²) < 4.78 is 0. The average Bonchev–Trinajstić information content (AvgIpc) is 3.24. The fraction of sp³-hybridized carbons (Fsp3) is 0.562. The van der Waals surface area contributed by atoms with E-state index in [1.165, 1.54) is 28.6 Å². The summed E-state index contributed by atoms with van der Waals surface area (Å²) in [6.45, 7) is 0. The van der Waals surface area contributed by atoms with Crippen LogP contribution in [0.1, 0.15) is 41.9 Å². The van der Waals surface area contributed by atoms with E-state index in [2.05, 4.69) is 15.3 Å². The number of hydrogen-bond donors (Lipinski definition) is 2. The predicted molar refractivity (Wildman–Crippen MR) is 94.2 cm³/mol. The second kappa shape index (κ2) is 6.28. The van der Waals surface area contributed by atoms with E-state index in [0.29, 0.717) is 23.4 Å². The number of rotatable bonds is 5. The van der Waals surface area contributed by atoms with E-state index in [1.54, 1.807) is 11.3 Å². The number of aromatic nitrogens is 2. The van der Waals surface area contributed by atoms with E-state index in [1.807, 2.05) is 0 Å². The molecule has 0 saturated heterocycles. The number of thioether (sulfide) groups is 1. The SMILES string of the molecule is O=C(CSCc1nc2sc3c(c2c(=O)[nH]1)CCCC3)NC1CC1. The van der Waals surface area contributed by atoms with Crippen molar-refractivity contribution in [3.63, 3.8) is 0 Å². The number of hydrogen-bond acceptors (Lipinski definition) is 5. The molecule has 0 aliphatic heterocycles. The van der Waals surface area contributed by atoms with Gasteiger partial charge in [-0.2, -0.15) is 0 Å². The lowest BCUT2D eigenvalue weighted by molar-refractivity contribution is -0.118. The van der Waals surface area contributed by atoms with Gasteiger partial charge >= 0.3 is 0 Å². The molecule has 23 heavy (non-hydrogen) atoms.